The molecule has 1 atom stereocenters. The Bertz CT molecular complexity index is 507. The van der Waals surface area contributed by atoms with E-state index < -0.39 is 9.84 Å². The van der Waals surface area contributed by atoms with Gasteiger partial charge in [-0.05, 0) is 12.3 Å². The highest BCUT2D eigenvalue weighted by Crippen LogP contribution is 2.22. The zero-order chi connectivity index (χ0) is 11.8. The van der Waals surface area contributed by atoms with Crippen LogP contribution in [0.2, 0.25) is 0 Å². The van der Waals surface area contributed by atoms with E-state index in [1.165, 1.54) is 6.33 Å². The van der Waals surface area contributed by atoms with Crippen LogP contribution in [-0.4, -0.2) is 40.6 Å². The van der Waals surface area contributed by atoms with Crippen LogP contribution in [0.5, 0.6) is 0 Å². The maximum absolute atomic E-state index is 11.7. The molecule has 2 heterocycles. The van der Waals surface area contributed by atoms with Crippen molar-refractivity contribution in [1.82, 2.24) is 14.8 Å². The number of rotatable bonds is 2. The summed E-state index contributed by atoms with van der Waals surface area (Å²) >= 11 is 0. The van der Waals surface area contributed by atoms with Gasteiger partial charge in [-0.2, -0.15) is 0 Å². The zero-order valence-electron chi connectivity index (χ0n) is 8.54. The summed E-state index contributed by atoms with van der Waals surface area (Å²) in [5, 5.41) is 6.99. The number of sulfone groups is 1. The Morgan fingerprint density at radius 1 is 1.62 bits per heavy atom. The highest BCUT2D eigenvalue weighted by molar-refractivity contribution is 7.91. The minimum Gasteiger partial charge on any atom is -0.368 e. The van der Waals surface area contributed by atoms with Crippen LogP contribution >= 0.6 is 0 Å². The fourth-order valence-electron chi connectivity index (χ4n) is 1.81. The molecule has 1 fully saturated rings. The van der Waals surface area contributed by atoms with Crippen LogP contribution in [0.15, 0.2) is 6.33 Å². The number of carbonyl (C=O) groups is 1. The van der Waals surface area contributed by atoms with Crippen LogP contribution in [0, 0.1) is 5.92 Å². The molecule has 0 unspecified atom stereocenters. The lowest BCUT2D eigenvalue weighted by Crippen LogP contribution is -2.17. The third-order valence-electron chi connectivity index (χ3n) is 2.63. The molecular weight excluding hydrogens is 232 g/mol. The molecule has 2 N–H and O–H groups in total. The second-order valence-electron chi connectivity index (χ2n) is 3.93. The highest BCUT2D eigenvalue weighted by atomic mass is 32.2. The highest BCUT2D eigenvalue weighted by Gasteiger charge is 2.30. The number of anilines is 1. The van der Waals surface area contributed by atoms with E-state index in [9.17, 15) is 13.2 Å². The topological polar surface area (TPSA) is 108 Å². The van der Waals surface area contributed by atoms with Crippen LogP contribution in [0.25, 0.3) is 0 Å². The van der Waals surface area contributed by atoms with E-state index in [1.807, 2.05) is 0 Å². The van der Waals surface area contributed by atoms with Crippen molar-refractivity contribution in [3.8, 4) is 0 Å². The monoisotopic (exact) mass is 244 g/mol. The summed E-state index contributed by atoms with van der Waals surface area (Å²) < 4.78 is 23.6. The normalized spacial score (nSPS) is 23.4. The number of hydrogen-bond donors (Lipinski definition) is 1. The van der Waals surface area contributed by atoms with Crippen LogP contribution in [0.1, 0.15) is 17.6 Å². The van der Waals surface area contributed by atoms with Crippen LogP contribution in [0.4, 0.5) is 5.95 Å². The minimum atomic E-state index is -2.94. The fraction of sp³-hybridized carbons (Fsp3) is 0.625. The van der Waals surface area contributed by atoms with E-state index in [2.05, 4.69) is 10.2 Å². The smallest absolute Gasteiger partial charge is 0.235 e. The third-order valence-corrected chi connectivity index (χ3v) is 4.47. The van der Waals surface area contributed by atoms with Crippen molar-refractivity contribution < 1.29 is 13.2 Å². The molecule has 0 bridgehead atoms. The second kappa shape index (κ2) is 3.85. The van der Waals surface area contributed by atoms with Gasteiger partial charge in [-0.25, -0.2) is 13.0 Å². The maximum Gasteiger partial charge on any atom is 0.235 e. The molecule has 1 aromatic heterocycles. The van der Waals surface area contributed by atoms with Gasteiger partial charge in [0.1, 0.15) is 6.33 Å². The van der Waals surface area contributed by atoms with Crippen molar-refractivity contribution in [3.63, 3.8) is 0 Å². The Labute approximate surface area is 92.6 Å². The molecule has 0 amide bonds. The summed E-state index contributed by atoms with van der Waals surface area (Å²) in [5.74, 6) is -0.0848. The second-order valence-corrected chi connectivity index (χ2v) is 6.15. The van der Waals surface area contributed by atoms with Crippen molar-refractivity contribution in [3.05, 3.63) is 6.33 Å². The molecule has 0 spiro atoms. The van der Waals surface area contributed by atoms with Crippen molar-refractivity contribution in [2.24, 2.45) is 5.92 Å². The first-order valence-corrected chi connectivity index (χ1v) is 6.69. The first-order valence-electron chi connectivity index (χ1n) is 4.87. The van der Waals surface area contributed by atoms with Crippen LogP contribution < -0.4 is 5.73 Å². The molecule has 7 nitrogen and oxygen atoms in total. The van der Waals surface area contributed by atoms with Crippen LogP contribution in [0.3, 0.4) is 0 Å². The van der Waals surface area contributed by atoms with E-state index >= 15 is 0 Å². The van der Waals surface area contributed by atoms with E-state index in [0.717, 1.165) is 4.57 Å². The van der Waals surface area contributed by atoms with Gasteiger partial charge in [0, 0.05) is 6.42 Å². The number of nitrogen functional groups attached to an aromatic ring is 1. The summed E-state index contributed by atoms with van der Waals surface area (Å²) in [4.78, 5) is 11.7. The average Bonchev–Trinajstić information content (AvgIpc) is 2.72. The van der Waals surface area contributed by atoms with Gasteiger partial charge in [0.05, 0.1) is 11.5 Å². The number of hydrogen-bond acceptors (Lipinski definition) is 6. The molecule has 2 rings (SSSR count). The lowest BCUT2D eigenvalue weighted by molar-refractivity contribution is 0.0886. The minimum absolute atomic E-state index is 0.0332. The van der Waals surface area contributed by atoms with E-state index in [1.54, 1.807) is 0 Å². The molecule has 1 aliphatic rings. The Morgan fingerprint density at radius 2 is 2.38 bits per heavy atom. The van der Waals surface area contributed by atoms with E-state index in [-0.39, 0.29) is 35.7 Å². The van der Waals surface area contributed by atoms with Crippen molar-refractivity contribution in [2.45, 2.75) is 12.8 Å². The molecule has 0 aromatic carbocycles. The molecule has 0 aliphatic carbocycles. The molecule has 88 valence electrons. The summed E-state index contributed by atoms with van der Waals surface area (Å²) in [7, 11) is -2.94. The van der Waals surface area contributed by atoms with Gasteiger partial charge in [0.15, 0.2) is 9.84 Å². The molecule has 0 radical (unpaired) electrons. The summed E-state index contributed by atoms with van der Waals surface area (Å²) in [6.45, 7) is 0. The van der Waals surface area contributed by atoms with Crippen molar-refractivity contribution >= 4 is 21.7 Å². The summed E-state index contributed by atoms with van der Waals surface area (Å²) in [6, 6.07) is 0. The Kier molecular flexibility index (Phi) is 2.66. The Morgan fingerprint density at radius 3 is 2.88 bits per heavy atom. The number of carbonyl (C=O) groups excluding carboxylic acids is 1. The van der Waals surface area contributed by atoms with Gasteiger partial charge in [-0.3, -0.25) is 4.79 Å². The lowest BCUT2D eigenvalue weighted by Gasteiger charge is -2.06. The van der Waals surface area contributed by atoms with Crippen LogP contribution in [-0.2, 0) is 9.84 Å². The molecule has 16 heavy (non-hydrogen) atoms. The SMILES string of the molecule is Nc1nncn1C(=O)C[C@@H]1CCS(=O)(=O)C1. The predicted molar refractivity (Wildman–Crippen MR) is 56.4 cm³/mol. The first kappa shape index (κ1) is 11.1. The van der Waals surface area contributed by atoms with Gasteiger partial charge in [0.25, 0.3) is 0 Å². The van der Waals surface area contributed by atoms with E-state index in [0.29, 0.717) is 6.42 Å². The first-order chi connectivity index (χ1) is 7.48. The molecule has 0 saturated carbocycles. The fourth-order valence-corrected chi connectivity index (χ4v) is 3.68. The Balaban J connectivity index is 2.02. The van der Waals surface area contributed by atoms with Gasteiger partial charge in [0.2, 0.25) is 11.9 Å². The Hall–Kier alpha value is -1.44. The average molecular weight is 244 g/mol. The lowest BCUT2D eigenvalue weighted by atomic mass is 10.1. The van der Waals surface area contributed by atoms with Crippen molar-refractivity contribution in [1.29, 1.82) is 0 Å². The molecule has 8 heteroatoms. The summed E-state index contributed by atoms with van der Waals surface area (Å²) in [5.41, 5.74) is 5.42. The number of nitrogens with zero attached hydrogens (tertiary/aromatic N) is 3. The predicted octanol–water partition coefficient (Wildman–Crippen LogP) is -0.675. The molecular formula is C8H12N4O3S. The van der Waals surface area contributed by atoms with Gasteiger partial charge in [-0.15, -0.1) is 10.2 Å². The number of aromatic nitrogens is 3. The zero-order valence-corrected chi connectivity index (χ0v) is 9.35. The molecule has 1 aliphatic heterocycles. The van der Waals surface area contributed by atoms with Gasteiger partial charge < -0.3 is 5.73 Å². The van der Waals surface area contributed by atoms with Crippen molar-refractivity contribution in [2.75, 3.05) is 17.2 Å². The van der Waals surface area contributed by atoms with E-state index in [4.69, 9.17) is 5.73 Å². The number of nitrogens with two attached hydrogens (primary N) is 1. The molecule has 1 saturated heterocycles. The third kappa shape index (κ3) is 2.21. The molecule has 1 aromatic rings. The maximum atomic E-state index is 11.7. The summed E-state index contributed by atoms with van der Waals surface area (Å²) in [6.07, 6.45) is 1.94. The quantitative estimate of drug-likeness (QED) is 0.738. The van der Waals surface area contributed by atoms with Gasteiger partial charge >= 0.3 is 0 Å². The largest absolute Gasteiger partial charge is 0.368 e. The van der Waals surface area contributed by atoms with Gasteiger partial charge in [-0.1, -0.05) is 0 Å². The standard InChI is InChI=1S/C8H12N4O3S/c9-8-11-10-5-12(8)7(13)3-6-1-2-16(14,15)4-6/h5-6H,1-4H2,(H2,9,11)/t6-/m0/s1.